The first-order valence-electron chi connectivity index (χ1n) is 14.7. The molecule has 0 aliphatic rings. The molecule has 18 heteroatoms. The van der Waals surface area contributed by atoms with Gasteiger partial charge in [0.05, 0.1) is 20.1 Å². The molecule has 0 bridgehead atoms. The predicted octanol–water partition coefficient (Wildman–Crippen LogP) is 1.73. The van der Waals surface area contributed by atoms with Crippen molar-refractivity contribution in [3.63, 3.8) is 0 Å². The fourth-order valence-electron chi connectivity index (χ4n) is 4.41. The number of benzene rings is 1. The van der Waals surface area contributed by atoms with Crippen LogP contribution in [0.4, 0.5) is 5.82 Å². The van der Waals surface area contributed by atoms with E-state index in [4.69, 9.17) is 34.7 Å². The number of methoxy groups -OCH3 is 3. The van der Waals surface area contributed by atoms with Crippen LogP contribution in [-0.4, -0.2) is 84.2 Å². The number of esters is 3. The van der Waals surface area contributed by atoms with E-state index in [0.717, 1.165) is 7.11 Å². The summed E-state index contributed by atoms with van der Waals surface area (Å²) >= 11 is 0. The lowest BCUT2D eigenvalue weighted by Gasteiger charge is -2.34. The highest BCUT2D eigenvalue weighted by Gasteiger charge is 2.47. The van der Waals surface area contributed by atoms with Gasteiger partial charge in [-0.3, -0.25) is 18.9 Å². The summed E-state index contributed by atoms with van der Waals surface area (Å²) in [5.74, 6) is -2.34. The molecule has 0 saturated carbocycles. The van der Waals surface area contributed by atoms with E-state index in [1.165, 1.54) is 44.1 Å². The summed E-state index contributed by atoms with van der Waals surface area (Å²) in [6, 6.07) is 9.32. The quantitative estimate of drug-likeness (QED) is 0.104. The van der Waals surface area contributed by atoms with Crippen LogP contribution in [0.25, 0.3) is 5.52 Å². The Morgan fingerprint density at radius 3 is 2.27 bits per heavy atom. The molecule has 5 atom stereocenters. The average Bonchev–Trinajstić information content (AvgIpc) is 3.49. The monoisotopic (exact) mass is 689 g/mol. The second-order valence-electron chi connectivity index (χ2n) is 11.0. The Hall–Kier alpha value is -4.59. The molecule has 0 spiro atoms. The first-order valence-corrected chi connectivity index (χ1v) is 16.2. The SMILES string of the molecule is COC(=O)[C@H](C)NP(=O)(OC[C@@](C#N)(OC)[C@H](Cc1ccc2c(N)ncnn12)OC(=O)C(C)C)Oc1ccc(C[C@H](N)C(=O)OC)cc1. The van der Waals surface area contributed by atoms with E-state index in [2.05, 4.69) is 19.9 Å². The molecule has 0 aliphatic carbocycles. The number of rotatable bonds is 17. The molecule has 2 aromatic heterocycles. The highest BCUT2D eigenvalue weighted by molar-refractivity contribution is 7.52. The number of nitrogens with two attached hydrogens (primary N) is 2. The molecule has 0 saturated heterocycles. The van der Waals surface area contributed by atoms with Crippen LogP contribution in [0, 0.1) is 17.2 Å². The maximum absolute atomic E-state index is 14.2. The Kier molecular flexibility index (Phi) is 13.0. The number of anilines is 1. The maximum Gasteiger partial charge on any atom is 0.459 e. The molecule has 3 rings (SSSR count). The second kappa shape index (κ2) is 16.5. The Morgan fingerprint density at radius 2 is 1.69 bits per heavy atom. The van der Waals surface area contributed by atoms with E-state index in [1.54, 1.807) is 38.1 Å². The fraction of sp³-hybridized carbons (Fsp3) is 0.467. The van der Waals surface area contributed by atoms with Crippen molar-refractivity contribution >= 4 is 37.0 Å². The Labute approximate surface area is 277 Å². The summed E-state index contributed by atoms with van der Waals surface area (Å²) in [6.45, 7) is 3.84. The average molecular weight is 690 g/mol. The van der Waals surface area contributed by atoms with Crippen molar-refractivity contribution in [1.82, 2.24) is 19.7 Å². The van der Waals surface area contributed by atoms with Gasteiger partial charge in [0.25, 0.3) is 0 Å². The van der Waals surface area contributed by atoms with Gasteiger partial charge in [0, 0.05) is 19.2 Å². The number of nitrogens with zero attached hydrogens (tertiary/aromatic N) is 4. The van der Waals surface area contributed by atoms with Gasteiger partial charge in [0.2, 0.25) is 5.60 Å². The van der Waals surface area contributed by atoms with Gasteiger partial charge in [-0.05, 0) is 43.2 Å². The zero-order valence-corrected chi connectivity index (χ0v) is 28.3. The van der Waals surface area contributed by atoms with Crippen molar-refractivity contribution in [2.75, 3.05) is 33.7 Å². The van der Waals surface area contributed by atoms with E-state index in [-0.39, 0.29) is 24.4 Å². The molecule has 2 heterocycles. The number of nitriles is 1. The van der Waals surface area contributed by atoms with Gasteiger partial charge in [-0.15, -0.1) is 0 Å². The fourth-order valence-corrected chi connectivity index (χ4v) is 5.93. The summed E-state index contributed by atoms with van der Waals surface area (Å²) in [5.41, 5.74) is 11.4. The summed E-state index contributed by atoms with van der Waals surface area (Å²) in [7, 11) is -0.945. The van der Waals surface area contributed by atoms with Gasteiger partial charge >= 0.3 is 25.7 Å². The van der Waals surface area contributed by atoms with Crippen molar-refractivity contribution in [2.24, 2.45) is 11.7 Å². The first-order chi connectivity index (χ1) is 22.7. The van der Waals surface area contributed by atoms with Gasteiger partial charge < -0.3 is 34.9 Å². The summed E-state index contributed by atoms with van der Waals surface area (Å²) < 4.78 is 48.0. The molecule has 0 aliphatic heterocycles. The van der Waals surface area contributed by atoms with E-state index in [9.17, 15) is 24.2 Å². The molecular weight excluding hydrogens is 649 g/mol. The highest BCUT2D eigenvalue weighted by Crippen LogP contribution is 2.46. The first kappa shape index (κ1) is 37.9. The predicted molar refractivity (Wildman–Crippen MR) is 170 cm³/mol. The smallest absolute Gasteiger partial charge is 0.459 e. The van der Waals surface area contributed by atoms with Crippen LogP contribution in [-0.2, 0) is 55.3 Å². The van der Waals surface area contributed by atoms with Crippen LogP contribution in [0.5, 0.6) is 5.75 Å². The summed E-state index contributed by atoms with van der Waals surface area (Å²) in [5, 5.41) is 17.2. The molecule has 17 nitrogen and oxygen atoms in total. The van der Waals surface area contributed by atoms with Crippen molar-refractivity contribution in [3.05, 3.63) is 54.0 Å². The van der Waals surface area contributed by atoms with Crippen LogP contribution >= 0.6 is 7.75 Å². The number of carbonyl (C=O) groups is 3. The van der Waals surface area contributed by atoms with Crippen LogP contribution in [0.2, 0.25) is 0 Å². The maximum atomic E-state index is 14.2. The van der Waals surface area contributed by atoms with Gasteiger partial charge in [0.15, 0.2) is 11.9 Å². The van der Waals surface area contributed by atoms with Gasteiger partial charge in [-0.2, -0.15) is 15.4 Å². The number of hydrogen-bond acceptors (Lipinski definition) is 15. The van der Waals surface area contributed by atoms with Crippen LogP contribution in [0.1, 0.15) is 32.0 Å². The van der Waals surface area contributed by atoms with Crippen molar-refractivity contribution < 1.29 is 46.9 Å². The number of carbonyl (C=O) groups excluding carboxylic acids is 3. The zero-order valence-electron chi connectivity index (χ0n) is 27.4. The van der Waals surface area contributed by atoms with Gasteiger partial charge in [-0.25, -0.2) is 14.1 Å². The Balaban J connectivity index is 1.96. The lowest BCUT2D eigenvalue weighted by molar-refractivity contribution is -0.169. The number of nitrogen functional groups attached to an aromatic ring is 1. The minimum absolute atomic E-state index is 0.0398. The van der Waals surface area contributed by atoms with Crippen LogP contribution < -0.4 is 21.1 Å². The summed E-state index contributed by atoms with van der Waals surface area (Å²) in [4.78, 5) is 40.8. The summed E-state index contributed by atoms with van der Waals surface area (Å²) in [6.07, 6.45) is -0.0371. The zero-order chi connectivity index (χ0) is 35.6. The molecule has 1 aromatic carbocycles. The molecule has 5 N–H and O–H groups in total. The topological polar surface area (TPSA) is 242 Å². The molecule has 0 amide bonds. The van der Waals surface area contributed by atoms with E-state index in [1.807, 2.05) is 6.07 Å². The molecule has 0 fully saturated rings. The molecule has 0 radical (unpaired) electrons. The number of aromatic nitrogens is 3. The molecule has 260 valence electrons. The standard InChI is InChI=1S/C30H40N7O10P/c1-18(2)27(38)46-25(14-21-9-12-24-26(33)34-17-35-37(21)24)30(15-31,44-6)16-45-48(41,36-19(3)28(39)42-4)47-22-10-7-20(8-11-22)13-23(32)29(40)43-5/h7-12,17-19,23,25H,13-14,16,32H2,1-6H3,(H,36,41)(H2,33,34,35)/t19-,23-,25-,30+,48?/m0/s1. The minimum Gasteiger partial charge on any atom is -0.468 e. The Morgan fingerprint density at radius 1 is 1.02 bits per heavy atom. The largest absolute Gasteiger partial charge is 0.468 e. The highest BCUT2D eigenvalue weighted by atomic mass is 31.2. The van der Waals surface area contributed by atoms with Crippen LogP contribution in [0.3, 0.4) is 0 Å². The van der Waals surface area contributed by atoms with Gasteiger partial charge in [0.1, 0.15) is 42.4 Å². The molecule has 1 unspecified atom stereocenters. The van der Waals surface area contributed by atoms with E-state index < -0.39 is 62.0 Å². The second-order valence-corrected chi connectivity index (χ2v) is 12.7. The number of hydrogen-bond donors (Lipinski definition) is 3. The number of fused-ring (bicyclic) bond motifs is 1. The lowest BCUT2D eigenvalue weighted by atomic mass is 9.94. The van der Waals surface area contributed by atoms with Crippen molar-refractivity contribution in [1.29, 1.82) is 5.26 Å². The van der Waals surface area contributed by atoms with E-state index in [0.29, 0.717) is 16.8 Å². The number of nitrogens with one attached hydrogen (secondary N) is 1. The van der Waals surface area contributed by atoms with Crippen molar-refractivity contribution in [2.45, 2.75) is 57.4 Å². The number of ether oxygens (including phenoxy) is 4. The normalized spacial score (nSPS) is 15.7. The molecular formula is C30H40N7O10P. The Bertz CT molecular complexity index is 1680. The van der Waals surface area contributed by atoms with Gasteiger partial charge in [-0.1, -0.05) is 26.0 Å². The van der Waals surface area contributed by atoms with Crippen LogP contribution in [0.15, 0.2) is 42.7 Å². The lowest BCUT2D eigenvalue weighted by Crippen LogP contribution is -2.51. The minimum atomic E-state index is -4.52. The van der Waals surface area contributed by atoms with Crippen molar-refractivity contribution in [3.8, 4) is 11.8 Å². The third-order valence-corrected chi connectivity index (χ3v) is 8.85. The van der Waals surface area contributed by atoms with E-state index >= 15 is 0 Å². The third kappa shape index (κ3) is 9.27. The molecule has 48 heavy (non-hydrogen) atoms. The molecule has 3 aromatic rings. The third-order valence-electron chi connectivity index (χ3n) is 7.22.